The number of anilines is 1. The van der Waals surface area contributed by atoms with Gasteiger partial charge in [0.05, 0.1) is 16.8 Å². The van der Waals surface area contributed by atoms with Crippen LogP contribution in [-0.4, -0.2) is 60.3 Å². The Balaban J connectivity index is 1.37. The number of rotatable bonds is 10. The smallest absolute Gasteiger partial charge is 0.293 e. The first-order chi connectivity index (χ1) is 20.7. The molecule has 2 aromatic heterocycles. The van der Waals surface area contributed by atoms with Gasteiger partial charge in [0.2, 0.25) is 11.6 Å². The van der Waals surface area contributed by atoms with Gasteiger partial charge in [-0.15, -0.1) is 5.10 Å². The number of ether oxygens (including phenoxy) is 1. The van der Waals surface area contributed by atoms with Gasteiger partial charge in [-0.25, -0.2) is 10.1 Å². The zero-order valence-corrected chi connectivity index (χ0v) is 24.3. The van der Waals surface area contributed by atoms with Crippen molar-refractivity contribution in [1.82, 2.24) is 35.6 Å². The van der Waals surface area contributed by atoms with Gasteiger partial charge >= 0.3 is 0 Å². The molecule has 17 heteroatoms. The molecular weight excluding hydrogens is 603 g/mol. The molecule has 15 nitrogen and oxygen atoms in total. The van der Waals surface area contributed by atoms with E-state index in [1.165, 1.54) is 29.1 Å². The summed E-state index contributed by atoms with van der Waals surface area (Å²) in [5, 5.41) is 31.7. The zero-order valence-electron chi connectivity index (χ0n) is 22.8. The molecular formula is C26H26Cl2N10O5. The minimum atomic E-state index is -0.673. The monoisotopic (exact) mass is 628 g/mol. The Morgan fingerprint density at radius 1 is 1.26 bits per heavy atom. The Morgan fingerprint density at radius 2 is 2.00 bits per heavy atom. The van der Waals surface area contributed by atoms with Crippen LogP contribution < -0.4 is 15.9 Å². The molecule has 1 saturated heterocycles. The van der Waals surface area contributed by atoms with Crippen molar-refractivity contribution in [3.63, 3.8) is 0 Å². The summed E-state index contributed by atoms with van der Waals surface area (Å²) in [7, 11) is 0. The normalized spacial score (nSPS) is 14.3. The largest absolute Gasteiger partial charge is 0.488 e. The number of hydrazone groups is 1. The third-order valence-corrected chi connectivity index (χ3v) is 7.64. The van der Waals surface area contributed by atoms with Gasteiger partial charge in [-0.3, -0.25) is 19.8 Å². The van der Waals surface area contributed by atoms with Crippen molar-refractivity contribution in [2.45, 2.75) is 32.9 Å². The number of nitrogens with two attached hydrogens (primary N) is 1. The molecule has 0 bridgehead atoms. The van der Waals surface area contributed by atoms with Crippen molar-refractivity contribution < 1.29 is 19.1 Å². The van der Waals surface area contributed by atoms with E-state index in [4.69, 9.17) is 38.3 Å². The molecule has 0 aliphatic carbocycles. The van der Waals surface area contributed by atoms with E-state index >= 15 is 0 Å². The summed E-state index contributed by atoms with van der Waals surface area (Å²) in [6, 6.07) is 9.02. The highest BCUT2D eigenvalue weighted by atomic mass is 35.5. The molecule has 1 fully saturated rings. The molecule has 1 amide bonds. The van der Waals surface area contributed by atoms with Crippen molar-refractivity contribution >= 4 is 46.8 Å². The van der Waals surface area contributed by atoms with Crippen molar-refractivity contribution in [3.05, 3.63) is 79.1 Å². The Kier molecular flexibility index (Phi) is 9.13. The molecule has 43 heavy (non-hydrogen) atoms. The van der Waals surface area contributed by atoms with Gasteiger partial charge in [0.1, 0.15) is 12.4 Å². The number of aromatic nitrogens is 5. The lowest BCUT2D eigenvalue weighted by atomic mass is 9.99. The topological polar surface area (TPSA) is 193 Å². The molecule has 224 valence electrons. The van der Waals surface area contributed by atoms with E-state index < -0.39 is 10.8 Å². The second kappa shape index (κ2) is 13.1. The van der Waals surface area contributed by atoms with E-state index in [2.05, 4.69) is 43.0 Å². The van der Waals surface area contributed by atoms with Crippen molar-refractivity contribution in [1.29, 1.82) is 0 Å². The third kappa shape index (κ3) is 6.90. The van der Waals surface area contributed by atoms with E-state index in [1.807, 2.05) is 0 Å². The molecule has 0 spiro atoms. The SMILES string of the molecule is CC1CCN(Cc2c(C(=O)N/N=C/c3cc([N+](=O)[O-])ccc3OCc3c(Cl)cccc3Cl)nnn2-c2nonc2N)CC1. The molecule has 0 atom stereocenters. The number of likely N-dealkylation sites (tertiary alicyclic amines) is 1. The van der Waals surface area contributed by atoms with E-state index in [0.717, 1.165) is 25.9 Å². The molecule has 3 heterocycles. The standard InChI is InChI=1S/C26H26Cl2N10O5/c1-15-7-9-36(10-8-15)13-21-23(31-35-37(21)25-24(29)33-43-34-25)26(39)32-30-12-16-11-17(38(40)41)5-6-22(16)42-14-18-19(27)3-2-4-20(18)28/h2-6,11-12,15H,7-10,13-14H2,1H3,(H2,29,33)(H,32,39)/b30-12+. The van der Waals surface area contributed by atoms with Gasteiger partial charge in [0.25, 0.3) is 11.6 Å². The fourth-order valence-electron chi connectivity index (χ4n) is 4.48. The molecule has 3 N–H and O–H groups in total. The number of halogens is 2. The summed E-state index contributed by atoms with van der Waals surface area (Å²) in [6.45, 7) is 4.18. The number of hydrogen-bond donors (Lipinski definition) is 2. The zero-order chi connectivity index (χ0) is 30.5. The van der Waals surface area contributed by atoms with Crippen LogP contribution in [0.2, 0.25) is 10.0 Å². The summed E-state index contributed by atoms with van der Waals surface area (Å²) in [5.74, 6) is 0.274. The number of nitro benzene ring substituents is 1. The molecule has 2 aromatic carbocycles. The van der Waals surface area contributed by atoms with E-state index in [-0.39, 0.29) is 40.9 Å². The van der Waals surface area contributed by atoms with Crippen molar-refractivity contribution in [2.75, 3.05) is 18.8 Å². The maximum Gasteiger partial charge on any atom is 0.293 e. The maximum absolute atomic E-state index is 13.2. The maximum atomic E-state index is 13.2. The highest BCUT2D eigenvalue weighted by Crippen LogP contribution is 2.28. The van der Waals surface area contributed by atoms with Crippen LogP contribution in [0.1, 0.15) is 47.1 Å². The van der Waals surface area contributed by atoms with Gasteiger partial charge in [-0.2, -0.15) is 9.78 Å². The van der Waals surface area contributed by atoms with Gasteiger partial charge in [-0.1, -0.05) is 41.4 Å². The molecule has 0 unspecified atom stereocenters. The van der Waals surface area contributed by atoms with Crippen LogP contribution >= 0.6 is 23.2 Å². The van der Waals surface area contributed by atoms with Crippen LogP contribution in [0.3, 0.4) is 0 Å². The Bertz CT molecular complexity index is 1650. The second-order valence-electron chi connectivity index (χ2n) is 9.90. The number of carbonyl (C=O) groups excluding carboxylic acids is 1. The lowest BCUT2D eigenvalue weighted by Gasteiger charge is -2.30. The Hall–Kier alpha value is -4.60. The molecule has 1 aliphatic rings. The number of non-ortho nitro benzene ring substituents is 1. The summed E-state index contributed by atoms with van der Waals surface area (Å²) >= 11 is 12.5. The molecule has 0 saturated carbocycles. The highest BCUT2D eigenvalue weighted by molar-refractivity contribution is 6.35. The summed E-state index contributed by atoms with van der Waals surface area (Å²) < 4.78 is 11.9. The molecule has 0 radical (unpaired) electrons. The van der Waals surface area contributed by atoms with Crippen LogP contribution in [0.25, 0.3) is 5.82 Å². The predicted octanol–water partition coefficient (Wildman–Crippen LogP) is 4.02. The highest BCUT2D eigenvalue weighted by Gasteiger charge is 2.27. The van der Waals surface area contributed by atoms with Crippen LogP contribution in [-0.2, 0) is 13.2 Å². The van der Waals surface area contributed by atoms with Crippen molar-refractivity contribution in [3.8, 4) is 11.6 Å². The first-order valence-electron chi connectivity index (χ1n) is 13.1. The number of nitrogen functional groups attached to an aromatic ring is 1. The van der Waals surface area contributed by atoms with Crippen LogP contribution in [0.4, 0.5) is 11.5 Å². The second-order valence-corrected chi connectivity index (χ2v) is 10.7. The lowest BCUT2D eigenvalue weighted by Crippen LogP contribution is -2.34. The Morgan fingerprint density at radius 3 is 2.67 bits per heavy atom. The summed E-state index contributed by atoms with van der Waals surface area (Å²) in [5.41, 5.74) is 9.27. The summed E-state index contributed by atoms with van der Waals surface area (Å²) in [6.07, 6.45) is 3.25. The van der Waals surface area contributed by atoms with Crippen molar-refractivity contribution in [2.24, 2.45) is 11.0 Å². The number of nitro groups is 1. The van der Waals surface area contributed by atoms with Gasteiger partial charge in [0, 0.05) is 39.8 Å². The fraction of sp³-hybridized carbons (Fsp3) is 0.308. The van der Waals surface area contributed by atoms with E-state index in [1.54, 1.807) is 18.2 Å². The van der Waals surface area contributed by atoms with Gasteiger partial charge in [0.15, 0.2) is 5.69 Å². The van der Waals surface area contributed by atoms with E-state index in [9.17, 15) is 14.9 Å². The number of hydrogen-bond acceptors (Lipinski definition) is 12. The predicted molar refractivity (Wildman–Crippen MR) is 156 cm³/mol. The Labute approximate surface area is 254 Å². The van der Waals surface area contributed by atoms with Gasteiger partial charge < -0.3 is 10.5 Å². The number of nitrogens with one attached hydrogen (secondary N) is 1. The number of piperidine rings is 1. The summed E-state index contributed by atoms with van der Waals surface area (Å²) in [4.78, 5) is 26.3. The lowest BCUT2D eigenvalue weighted by molar-refractivity contribution is -0.384. The number of carbonyl (C=O) groups is 1. The molecule has 4 aromatic rings. The van der Waals surface area contributed by atoms with Crippen LogP contribution in [0.15, 0.2) is 46.1 Å². The minimum absolute atomic E-state index is 0.00864. The first-order valence-corrected chi connectivity index (χ1v) is 13.9. The third-order valence-electron chi connectivity index (χ3n) is 6.93. The number of benzene rings is 2. The van der Waals surface area contributed by atoms with Crippen LogP contribution in [0, 0.1) is 16.0 Å². The minimum Gasteiger partial charge on any atom is -0.488 e. The van der Waals surface area contributed by atoms with Crippen LogP contribution in [0.5, 0.6) is 5.75 Å². The quantitative estimate of drug-likeness (QED) is 0.146. The average Bonchev–Trinajstić information content (AvgIpc) is 3.59. The molecule has 1 aliphatic heterocycles. The van der Waals surface area contributed by atoms with E-state index in [0.29, 0.717) is 33.8 Å². The first kappa shape index (κ1) is 29.9. The van der Waals surface area contributed by atoms with Gasteiger partial charge in [-0.05, 0) is 60.4 Å². The average molecular weight is 629 g/mol. The number of amides is 1. The molecule has 5 rings (SSSR count). The number of nitrogens with zero attached hydrogens (tertiary/aromatic N) is 8. The fourth-order valence-corrected chi connectivity index (χ4v) is 4.98.